The standard InChI is InChI=1S/C12H11ClN2O/c1-9-5-11(13)15-12(6-9)16-8-10-3-2-4-14-7-10/h2-7H,8H2,1H3. The van der Waals surface area contributed by atoms with E-state index in [0.29, 0.717) is 17.6 Å². The highest BCUT2D eigenvalue weighted by molar-refractivity contribution is 6.29. The SMILES string of the molecule is Cc1cc(Cl)nc(OCc2cccnc2)c1. The maximum atomic E-state index is 5.83. The van der Waals surface area contributed by atoms with Crippen molar-refractivity contribution in [3.63, 3.8) is 0 Å². The normalized spacial score (nSPS) is 10.1. The van der Waals surface area contributed by atoms with Crippen LogP contribution >= 0.6 is 11.6 Å². The zero-order valence-corrected chi connectivity index (χ0v) is 9.61. The summed E-state index contributed by atoms with van der Waals surface area (Å²) in [5, 5.41) is 0.446. The highest BCUT2D eigenvalue weighted by atomic mass is 35.5. The molecule has 0 aliphatic carbocycles. The Morgan fingerprint density at radius 1 is 1.38 bits per heavy atom. The largest absolute Gasteiger partial charge is 0.473 e. The lowest BCUT2D eigenvalue weighted by molar-refractivity contribution is 0.293. The first-order valence-corrected chi connectivity index (χ1v) is 5.28. The molecule has 0 aliphatic rings. The lowest BCUT2D eigenvalue weighted by Gasteiger charge is -2.06. The number of pyridine rings is 2. The number of ether oxygens (including phenoxy) is 1. The molecule has 0 N–H and O–H groups in total. The molecule has 0 fully saturated rings. The topological polar surface area (TPSA) is 35.0 Å². The summed E-state index contributed by atoms with van der Waals surface area (Å²) in [4.78, 5) is 8.08. The van der Waals surface area contributed by atoms with Gasteiger partial charge in [0.2, 0.25) is 5.88 Å². The van der Waals surface area contributed by atoms with Gasteiger partial charge in [-0.2, -0.15) is 0 Å². The van der Waals surface area contributed by atoms with E-state index in [2.05, 4.69) is 9.97 Å². The molecule has 2 aromatic heterocycles. The van der Waals surface area contributed by atoms with Crippen LogP contribution in [-0.2, 0) is 6.61 Å². The van der Waals surface area contributed by atoms with E-state index in [1.807, 2.05) is 25.1 Å². The molecule has 2 rings (SSSR count). The Morgan fingerprint density at radius 2 is 2.25 bits per heavy atom. The second-order valence-corrected chi connectivity index (χ2v) is 3.84. The van der Waals surface area contributed by atoms with Crippen molar-refractivity contribution < 1.29 is 4.74 Å². The minimum atomic E-state index is 0.445. The van der Waals surface area contributed by atoms with E-state index in [1.54, 1.807) is 18.5 Å². The van der Waals surface area contributed by atoms with E-state index in [1.165, 1.54) is 0 Å². The van der Waals surface area contributed by atoms with Crippen molar-refractivity contribution in [3.8, 4) is 5.88 Å². The summed E-state index contributed by atoms with van der Waals surface area (Å²) >= 11 is 5.83. The van der Waals surface area contributed by atoms with Crippen LogP contribution in [0.5, 0.6) is 5.88 Å². The maximum Gasteiger partial charge on any atom is 0.215 e. The molecule has 0 atom stereocenters. The molecule has 2 aromatic rings. The Hall–Kier alpha value is -1.61. The summed E-state index contributed by atoms with van der Waals surface area (Å²) in [6, 6.07) is 7.46. The average Bonchev–Trinajstić information content (AvgIpc) is 2.27. The molecule has 0 aromatic carbocycles. The Bertz CT molecular complexity index is 453. The molecule has 0 saturated heterocycles. The smallest absolute Gasteiger partial charge is 0.215 e. The summed E-state index contributed by atoms with van der Waals surface area (Å²) in [6.45, 7) is 2.39. The zero-order chi connectivity index (χ0) is 11.4. The van der Waals surface area contributed by atoms with Gasteiger partial charge in [-0.25, -0.2) is 4.98 Å². The van der Waals surface area contributed by atoms with Crippen LogP contribution in [0, 0.1) is 6.92 Å². The van der Waals surface area contributed by atoms with E-state index in [0.717, 1.165) is 11.1 Å². The first kappa shape index (κ1) is 10.9. The van der Waals surface area contributed by atoms with Crippen molar-refractivity contribution in [2.45, 2.75) is 13.5 Å². The molecule has 16 heavy (non-hydrogen) atoms. The highest BCUT2D eigenvalue weighted by Crippen LogP contribution is 2.16. The molecular weight excluding hydrogens is 224 g/mol. The van der Waals surface area contributed by atoms with E-state index in [4.69, 9.17) is 16.3 Å². The minimum Gasteiger partial charge on any atom is -0.473 e. The molecule has 4 heteroatoms. The number of hydrogen-bond acceptors (Lipinski definition) is 3. The van der Waals surface area contributed by atoms with Gasteiger partial charge < -0.3 is 4.74 Å². The number of halogens is 1. The molecule has 0 amide bonds. The van der Waals surface area contributed by atoms with Crippen LogP contribution < -0.4 is 4.74 Å². The van der Waals surface area contributed by atoms with Crippen LogP contribution in [0.1, 0.15) is 11.1 Å². The van der Waals surface area contributed by atoms with Gasteiger partial charge in [0.25, 0.3) is 0 Å². The van der Waals surface area contributed by atoms with Gasteiger partial charge in [0, 0.05) is 24.0 Å². The third-order valence-electron chi connectivity index (χ3n) is 2.02. The lowest BCUT2D eigenvalue weighted by Crippen LogP contribution is -1.98. The van der Waals surface area contributed by atoms with Crippen LogP contribution in [0.15, 0.2) is 36.7 Å². The molecule has 0 spiro atoms. The summed E-state index contributed by atoms with van der Waals surface area (Å²) in [7, 11) is 0. The van der Waals surface area contributed by atoms with E-state index >= 15 is 0 Å². The highest BCUT2D eigenvalue weighted by Gasteiger charge is 2.00. The number of nitrogens with zero attached hydrogens (tertiary/aromatic N) is 2. The summed E-state index contributed by atoms with van der Waals surface area (Å²) < 4.78 is 5.52. The van der Waals surface area contributed by atoms with Gasteiger partial charge in [0.1, 0.15) is 11.8 Å². The zero-order valence-electron chi connectivity index (χ0n) is 8.85. The Morgan fingerprint density at radius 3 is 2.94 bits per heavy atom. The Balaban J connectivity index is 2.05. The van der Waals surface area contributed by atoms with Crippen molar-refractivity contribution >= 4 is 11.6 Å². The molecular formula is C12H11ClN2O. The quantitative estimate of drug-likeness (QED) is 0.766. The van der Waals surface area contributed by atoms with Crippen LogP contribution in [0.3, 0.4) is 0 Å². The Labute approximate surface area is 99.1 Å². The fourth-order valence-corrected chi connectivity index (χ4v) is 1.56. The number of rotatable bonds is 3. The third-order valence-corrected chi connectivity index (χ3v) is 2.22. The van der Waals surface area contributed by atoms with Gasteiger partial charge in [-0.15, -0.1) is 0 Å². The van der Waals surface area contributed by atoms with Crippen molar-refractivity contribution in [2.75, 3.05) is 0 Å². The number of aromatic nitrogens is 2. The van der Waals surface area contributed by atoms with Gasteiger partial charge in [-0.1, -0.05) is 17.7 Å². The molecule has 82 valence electrons. The number of aryl methyl sites for hydroxylation is 1. The molecule has 3 nitrogen and oxygen atoms in total. The molecule has 2 heterocycles. The van der Waals surface area contributed by atoms with Crippen LogP contribution in [-0.4, -0.2) is 9.97 Å². The first-order valence-electron chi connectivity index (χ1n) is 4.90. The molecule has 0 unspecified atom stereocenters. The predicted octanol–water partition coefficient (Wildman–Crippen LogP) is 3.02. The van der Waals surface area contributed by atoms with Crippen molar-refractivity contribution in [1.29, 1.82) is 0 Å². The minimum absolute atomic E-state index is 0.445. The Kier molecular flexibility index (Phi) is 3.37. The van der Waals surface area contributed by atoms with Crippen LogP contribution in [0.4, 0.5) is 0 Å². The second kappa shape index (κ2) is 4.94. The average molecular weight is 235 g/mol. The predicted molar refractivity (Wildman–Crippen MR) is 62.6 cm³/mol. The van der Waals surface area contributed by atoms with Gasteiger partial charge in [0.05, 0.1) is 0 Å². The van der Waals surface area contributed by atoms with Crippen LogP contribution in [0.2, 0.25) is 5.15 Å². The van der Waals surface area contributed by atoms with Crippen molar-refractivity contribution in [3.05, 3.63) is 52.9 Å². The molecule has 0 bridgehead atoms. The first-order chi connectivity index (χ1) is 7.74. The van der Waals surface area contributed by atoms with E-state index in [-0.39, 0.29) is 0 Å². The summed E-state index contributed by atoms with van der Waals surface area (Å²) in [6.07, 6.45) is 3.49. The van der Waals surface area contributed by atoms with E-state index < -0.39 is 0 Å². The fraction of sp³-hybridized carbons (Fsp3) is 0.167. The van der Waals surface area contributed by atoms with Gasteiger partial charge in [0.15, 0.2) is 0 Å². The monoisotopic (exact) mass is 234 g/mol. The lowest BCUT2D eigenvalue weighted by atomic mass is 10.3. The molecule has 0 radical (unpaired) electrons. The van der Waals surface area contributed by atoms with Crippen molar-refractivity contribution in [1.82, 2.24) is 9.97 Å². The van der Waals surface area contributed by atoms with Gasteiger partial charge in [-0.05, 0) is 24.6 Å². The summed E-state index contributed by atoms with van der Waals surface area (Å²) in [5.41, 5.74) is 2.03. The second-order valence-electron chi connectivity index (χ2n) is 3.46. The van der Waals surface area contributed by atoms with Gasteiger partial charge in [-0.3, -0.25) is 4.98 Å². The van der Waals surface area contributed by atoms with E-state index in [9.17, 15) is 0 Å². The molecule has 0 aliphatic heterocycles. The fourth-order valence-electron chi connectivity index (χ4n) is 1.31. The molecule has 0 saturated carbocycles. The van der Waals surface area contributed by atoms with Crippen molar-refractivity contribution in [2.24, 2.45) is 0 Å². The third kappa shape index (κ3) is 2.94. The number of hydrogen-bond donors (Lipinski definition) is 0. The maximum absolute atomic E-state index is 5.83. The van der Waals surface area contributed by atoms with Crippen LogP contribution in [0.25, 0.3) is 0 Å². The summed E-state index contributed by atoms with van der Waals surface area (Å²) in [5.74, 6) is 0.536. The van der Waals surface area contributed by atoms with Gasteiger partial charge >= 0.3 is 0 Å².